The molecule has 0 saturated carbocycles. The van der Waals surface area contributed by atoms with Gasteiger partial charge in [0.25, 0.3) is 0 Å². The Morgan fingerprint density at radius 3 is 2.47 bits per heavy atom. The molecule has 0 unspecified atom stereocenters. The van der Waals surface area contributed by atoms with Crippen LogP contribution in [0.15, 0.2) is 12.4 Å². The lowest BCUT2D eigenvalue weighted by atomic mass is 10.2. The third-order valence-electron chi connectivity index (χ3n) is 2.50. The van der Waals surface area contributed by atoms with E-state index in [1.807, 2.05) is 11.6 Å². The standard InChI is InChI=1S/C11H12Cl2N4/c1-6(2)10-14-5-8(17(10)3)9-7(12)4-15-11(13)16-9/h4-6H,1-3H3. The Morgan fingerprint density at radius 2 is 1.88 bits per heavy atom. The van der Waals surface area contributed by atoms with Crippen LogP contribution < -0.4 is 0 Å². The van der Waals surface area contributed by atoms with Crippen LogP contribution in [0.2, 0.25) is 10.3 Å². The van der Waals surface area contributed by atoms with Gasteiger partial charge in [-0.2, -0.15) is 0 Å². The van der Waals surface area contributed by atoms with Gasteiger partial charge in [0.1, 0.15) is 11.5 Å². The summed E-state index contributed by atoms with van der Waals surface area (Å²) in [4.78, 5) is 12.3. The van der Waals surface area contributed by atoms with Gasteiger partial charge in [-0.1, -0.05) is 25.4 Å². The molecule has 0 radical (unpaired) electrons. The minimum absolute atomic E-state index is 0.177. The summed E-state index contributed by atoms with van der Waals surface area (Å²) in [5, 5.41) is 0.643. The van der Waals surface area contributed by atoms with Gasteiger partial charge in [-0.15, -0.1) is 0 Å². The highest BCUT2D eigenvalue weighted by atomic mass is 35.5. The molecule has 90 valence electrons. The second-order valence-electron chi connectivity index (χ2n) is 4.05. The van der Waals surface area contributed by atoms with Crippen molar-refractivity contribution < 1.29 is 0 Å². The molecule has 0 saturated heterocycles. The van der Waals surface area contributed by atoms with Crippen molar-refractivity contribution in [3.63, 3.8) is 0 Å². The van der Waals surface area contributed by atoms with E-state index in [0.29, 0.717) is 16.6 Å². The molecule has 0 N–H and O–H groups in total. The lowest BCUT2D eigenvalue weighted by molar-refractivity contribution is 0.713. The highest BCUT2D eigenvalue weighted by Crippen LogP contribution is 2.27. The molecule has 4 nitrogen and oxygen atoms in total. The quantitative estimate of drug-likeness (QED) is 0.787. The second-order valence-corrected chi connectivity index (χ2v) is 4.80. The van der Waals surface area contributed by atoms with E-state index in [2.05, 4.69) is 28.8 Å². The molecule has 17 heavy (non-hydrogen) atoms. The Bertz CT molecular complexity index is 548. The summed E-state index contributed by atoms with van der Waals surface area (Å²) in [5.74, 6) is 1.32. The number of hydrogen-bond acceptors (Lipinski definition) is 3. The molecule has 0 aromatic carbocycles. The van der Waals surface area contributed by atoms with Gasteiger partial charge in [0.15, 0.2) is 0 Å². The fraction of sp³-hybridized carbons (Fsp3) is 0.364. The lowest BCUT2D eigenvalue weighted by Gasteiger charge is -2.08. The SMILES string of the molecule is CC(C)c1ncc(-c2nc(Cl)ncc2Cl)n1C. The second kappa shape index (κ2) is 4.63. The highest BCUT2D eigenvalue weighted by Gasteiger charge is 2.15. The summed E-state index contributed by atoms with van der Waals surface area (Å²) in [6, 6.07) is 0. The van der Waals surface area contributed by atoms with Crippen LogP contribution in [-0.4, -0.2) is 19.5 Å². The van der Waals surface area contributed by atoms with Crippen molar-refractivity contribution in [2.45, 2.75) is 19.8 Å². The van der Waals surface area contributed by atoms with Gasteiger partial charge in [0.05, 0.1) is 23.1 Å². The number of halogens is 2. The van der Waals surface area contributed by atoms with Gasteiger partial charge in [0, 0.05) is 13.0 Å². The van der Waals surface area contributed by atoms with Gasteiger partial charge in [0.2, 0.25) is 5.28 Å². The molecule has 2 aromatic rings. The fourth-order valence-corrected chi connectivity index (χ4v) is 2.03. The Balaban J connectivity index is 2.57. The zero-order valence-electron chi connectivity index (χ0n) is 9.78. The molecule has 2 heterocycles. The predicted molar refractivity (Wildman–Crippen MR) is 68.3 cm³/mol. The van der Waals surface area contributed by atoms with Gasteiger partial charge in [-0.05, 0) is 11.6 Å². The highest BCUT2D eigenvalue weighted by molar-refractivity contribution is 6.33. The van der Waals surface area contributed by atoms with E-state index in [1.165, 1.54) is 6.20 Å². The van der Waals surface area contributed by atoms with Crippen LogP contribution in [0.5, 0.6) is 0 Å². The van der Waals surface area contributed by atoms with Gasteiger partial charge >= 0.3 is 0 Å². The van der Waals surface area contributed by atoms with Gasteiger partial charge < -0.3 is 4.57 Å². The van der Waals surface area contributed by atoms with Crippen molar-refractivity contribution in [2.24, 2.45) is 7.05 Å². The van der Waals surface area contributed by atoms with Gasteiger partial charge in [-0.3, -0.25) is 0 Å². The molecule has 2 aromatic heterocycles. The first-order chi connectivity index (χ1) is 8.00. The molecule has 0 atom stereocenters. The average molecular weight is 271 g/mol. The molecule has 0 spiro atoms. The Kier molecular flexibility index (Phi) is 3.35. The Hall–Kier alpha value is -1.13. The summed E-state index contributed by atoms with van der Waals surface area (Å²) in [6.45, 7) is 4.17. The number of aromatic nitrogens is 4. The normalized spacial score (nSPS) is 11.2. The van der Waals surface area contributed by atoms with E-state index in [1.54, 1.807) is 6.20 Å². The number of nitrogens with zero attached hydrogens (tertiary/aromatic N) is 4. The summed E-state index contributed by atoms with van der Waals surface area (Å²) in [7, 11) is 1.93. The number of imidazole rings is 1. The van der Waals surface area contributed by atoms with Crippen LogP contribution in [0, 0.1) is 0 Å². The van der Waals surface area contributed by atoms with Crippen molar-refractivity contribution in [1.82, 2.24) is 19.5 Å². The van der Waals surface area contributed by atoms with Crippen LogP contribution in [-0.2, 0) is 7.05 Å². The van der Waals surface area contributed by atoms with Crippen molar-refractivity contribution in [1.29, 1.82) is 0 Å². The monoisotopic (exact) mass is 270 g/mol. The molecule has 0 amide bonds. The molecule has 0 bridgehead atoms. The van der Waals surface area contributed by atoms with Crippen LogP contribution in [0.4, 0.5) is 0 Å². The summed E-state index contributed by atoms with van der Waals surface area (Å²) >= 11 is 11.8. The van der Waals surface area contributed by atoms with E-state index in [-0.39, 0.29) is 5.28 Å². The van der Waals surface area contributed by atoms with Crippen molar-refractivity contribution in [3.05, 3.63) is 28.5 Å². The van der Waals surface area contributed by atoms with Crippen molar-refractivity contribution >= 4 is 23.2 Å². The third kappa shape index (κ3) is 2.28. The fourth-order valence-electron chi connectivity index (χ4n) is 1.71. The Morgan fingerprint density at radius 1 is 1.18 bits per heavy atom. The first-order valence-corrected chi connectivity index (χ1v) is 5.96. The predicted octanol–water partition coefficient (Wildman–Crippen LogP) is 3.31. The Labute approximate surface area is 110 Å². The van der Waals surface area contributed by atoms with Gasteiger partial charge in [-0.25, -0.2) is 15.0 Å². The van der Waals surface area contributed by atoms with E-state index in [0.717, 1.165) is 11.5 Å². The zero-order valence-corrected chi connectivity index (χ0v) is 11.3. The van der Waals surface area contributed by atoms with Crippen LogP contribution >= 0.6 is 23.2 Å². The zero-order chi connectivity index (χ0) is 12.6. The summed E-state index contributed by atoms with van der Waals surface area (Å²) in [5.41, 5.74) is 1.44. The minimum atomic E-state index is 0.177. The molecular weight excluding hydrogens is 259 g/mol. The number of hydrogen-bond donors (Lipinski definition) is 0. The molecule has 0 fully saturated rings. The van der Waals surface area contributed by atoms with Crippen LogP contribution in [0.25, 0.3) is 11.4 Å². The smallest absolute Gasteiger partial charge is 0.223 e. The maximum absolute atomic E-state index is 6.07. The van der Waals surface area contributed by atoms with Crippen LogP contribution in [0.1, 0.15) is 25.6 Å². The molecule has 0 aliphatic carbocycles. The molecule has 2 rings (SSSR count). The molecular formula is C11H12Cl2N4. The molecule has 0 aliphatic heterocycles. The molecule has 6 heteroatoms. The lowest BCUT2D eigenvalue weighted by Crippen LogP contribution is -2.02. The van der Waals surface area contributed by atoms with Crippen molar-refractivity contribution in [2.75, 3.05) is 0 Å². The minimum Gasteiger partial charge on any atom is -0.330 e. The maximum atomic E-state index is 6.07. The maximum Gasteiger partial charge on any atom is 0.223 e. The third-order valence-corrected chi connectivity index (χ3v) is 2.96. The average Bonchev–Trinajstić information content (AvgIpc) is 2.64. The van der Waals surface area contributed by atoms with E-state index in [4.69, 9.17) is 23.2 Å². The topological polar surface area (TPSA) is 43.6 Å². The summed E-state index contributed by atoms with van der Waals surface area (Å²) < 4.78 is 1.97. The number of rotatable bonds is 2. The largest absolute Gasteiger partial charge is 0.330 e. The van der Waals surface area contributed by atoms with E-state index in [9.17, 15) is 0 Å². The van der Waals surface area contributed by atoms with Crippen LogP contribution in [0.3, 0.4) is 0 Å². The van der Waals surface area contributed by atoms with E-state index >= 15 is 0 Å². The first kappa shape index (κ1) is 12.3. The van der Waals surface area contributed by atoms with E-state index < -0.39 is 0 Å². The molecule has 0 aliphatic rings. The van der Waals surface area contributed by atoms with Crippen molar-refractivity contribution in [3.8, 4) is 11.4 Å². The summed E-state index contributed by atoms with van der Waals surface area (Å²) in [6.07, 6.45) is 3.24. The first-order valence-electron chi connectivity index (χ1n) is 5.20.